The Labute approximate surface area is 107 Å². The van der Waals surface area contributed by atoms with Gasteiger partial charge in [-0.1, -0.05) is 6.07 Å². The van der Waals surface area contributed by atoms with Gasteiger partial charge in [-0.05, 0) is 36.2 Å². The Kier molecular flexibility index (Phi) is 3.67. The number of ether oxygens (including phenoxy) is 1. The molecule has 0 aliphatic rings. The van der Waals surface area contributed by atoms with Crippen LogP contribution in [0.2, 0.25) is 0 Å². The maximum atomic E-state index is 5.87. The number of anilines is 2. The van der Waals surface area contributed by atoms with E-state index in [0.717, 1.165) is 22.5 Å². The Morgan fingerprint density at radius 1 is 1.28 bits per heavy atom. The fourth-order valence-electron chi connectivity index (χ4n) is 1.63. The molecule has 0 radical (unpaired) electrons. The molecule has 1 aromatic carbocycles. The van der Waals surface area contributed by atoms with Crippen LogP contribution < -0.4 is 15.8 Å². The Hall–Kier alpha value is -2.23. The number of methoxy groups -OCH3 is 1. The number of rotatable bonds is 4. The molecule has 0 spiro atoms. The van der Waals surface area contributed by atoms with E-state index in [0.29, 0.717) is 12.4 Å². The molecule has 3 N–H and O–H groups in total. The van der Waals surface area contributed by atoms with E-state index in [9.17, 15) is 0 Å². The summed E-state index contributed by atoms with van der Waals surface area (Å²) in [6.45, 7) is 2.70. The van der Waals surface area contributed by atoms with Gasteiger partial charge in [0.1, 0.15) is 0 Å². The van der Waals surface area contributed by atoms with Crippen molar-refractivity contribution in [3.8, 4) is 5.88 Å². The van der Waals surface area contributed by atoms with E-state index in [4.69, 9.17) is 10.5 Å². The van der Waals surface area contributed by atoms with Crippen LogP contribution in [-0.4, -0.2) is 12.1 Å². The second kappa shape index (κ2) is 5.40. The summed E-state index contributed by atoms with van der Waals surface area (Å²) in [5.41, 5.74) is 9.87. The number of hydrogen-bond donors (Lipinski definition) is 2. The Bertz CT molecular complexity index is 540. The fourth-order valence-corrected chi connectivity index (χ4v) is 1.63. The van der Waals surface area contributed by atoms with Gasteiger partial charge in [0.15, 0.2) is 0 Å². The number of aromatic nitrogens is 1. The number of hydrogen-bond acceptors (Lipinski definition) is 4. The lowest BCUT2D eigenvalue weighted by Crippen LogP contribution is -2.01. The van der Waals surface area contributed by atoms with Crippen molar-refractivity contribution in [2.75, 3.05) is 18.2 Å². The van der Waals surface area contributed by atoms with Crippen molar-refractivity contribution >= 4 is 11.4 Å². The average molecular weight is 243 g/mol. The molecule has 1 aromatic heterocycles. The van der Waals surface area contributed by atoms with Gasteiger partial charge in [-0.3, -0.25) is 0 Å². The highest BCUT2D eigenvalue weighted by atomic mass is 16.5. The van der Waals surface area contributed by atoms with Crippen molar-refractivity contribution in [1.29, 1.82) is 0 Å². The summed E-state index contributed by atoms with van der Waals surface area (Å²) in [6.07, 6.45) is 1.74. The molecule has 18 heavy (non-hydrogen) atoms. The number of pyridine rings is 1. The predicted octanol–water partition coefficient (Wildman–Crippen LogP) is 2.59. The van der Waals surface area contributed by atoms with Gasteiger partial charge in [-0.25, -0.2) is 4.98 Å². The van der Waals surface area contributed by atoms with Crippen molar-refractivity contribution in [1.82, 2.24) is 4.98 Å². The van der Waals surface area contributed by atoms with Crippen LogP contribution in [-0.2, 0) is 6.54 Å². The normalized spacial score (nSPS) is 10.1. The number of nitrogens with two attached hydrogens (primary N) is 1. The molecule has 2 aromatic rings. The number of nitrogens with zero attached hydrogens (tertiary/aromatic N) is 1. The van der Waals surface area contributed by atoms with Gasteiger partial charge in [0.05, 0.1) is 7.11 Å². The summed E-state index contributed by atoms with van der Waals surface area (Å²) in [6, 6.07) is 9.82. The Morgan fingerprint density at radius 3 is 2.83 bits per heavy atom. The summed E-state index contributed by atoms with van der Waals surface area (Å²) in [5, 5.41) is 3.32. The molecular weight excluding hydrogens is 226 g/mol. The van der Waals surface area contributed by atoms with Gasteiger partial charge < -0.3 is 15.8 Å². The first-order chi connectivity index (χ1) is 8.69. The minimum atomic E-state index is 0.623. The van der Waals surface area contributed by atoms with Crippen molar-refractivity contribution in [3.63, 3.8) is 0 Å². The van der Waals surface area contributed by atoms with E-state index >= 15 is 0 Å². The second-order valence-electron chi connectivity index (χ2n) is 4.13. The molecule has 4 heteroatoms. The molecule has 0 amide bonds. The van der Waals surface area contributed by atoms with E-state index in [-0.39, 0.29) is 0 Å². The van der Waals surface area contributed by atoms with Crippen LogP contribution >= 0.6 is 0 Å². The SMILES string of the molecule is COc1cc(CNc2ccc(C)c(N)c2)ccn1. The van der Waals surface area contributed by atoms with Crippen LogP contribution in [0, 0.1) is 6.92 Å². The molecule has 0 saturated carbocycles. The highest BCUT2D eigenvalue weighted by Crippen LogP contribution is 2.18. The summed E-state index contributed by atoms with van der Waals surface area (Å²) in [7, 11) is 1.61. The van der Waals surface area contributed by atoms with Gasteiger partial charge in [-0.15, -0.1) is 0 Å². The van der Waals surface area contributed by atoms with Gasteiger partial charge in [0.2, 0.25) is 5.88 Å². The van der Waals surface area contributed by atoms with Crippen LogP contribution in [0.5, 0.6) is 5.88 Å². The number of nitrogens with one attached hydrogen (secondary N) is 1. The molecule has 2 rings (SSSR count). The lowest BCUT2D eigenvalue weighted by atomic mass is 10.2. The van der Waals surface area contributed by atoms with Gasteiger partial charge in [-0.2, -0.15) is 0 Å². The predicted molar refractivity (Wildman–Crippen MR) is 73.7 cm³/mol. The van der Waals surface area contributed by atoms with Crippen LogP contribution in [0.15, 0.2) is 36.5 Å². The Morgan fingerprint density at radius 2 is 2.11 bits per heavy atom. The van der Waals surface area contributed by atoms with E-state index in [1.54, 1.807) is 13.3 Å². The molecule has 0 fully saturated rings. The first-order valence-electron chi connectivity index (χ1n) is 5.78. The quantitative estimate of drug-likeness (QED) is 0.810. The smallest absolute Gasteiger partial charge is 0.213 e. The molecule has 0 aliphatic heterocycles. The van der Waals surface area contributed by atoms with Crippen LogP contribution in [0.1, 0.15) is 11.1 Å². The summed E-state index contributed by atoms with van der Waals surface area (Å²) >= 11 is 0. The zero-order valence-corrected chi connectivity index (χ0v) is 10.6. The number of benzene rings is 1. The second-order valence-corrected chi connectivity index (χ2v) is 4.13. The lowest BCUT2D eigenvalue weighted by molar-refractivity contribution is 0.397. The van der Waals surface area contributed by atoms with E-state index < -0.39 is 0 Å². The fraction of sp³-hybridized carbons (Fsp3) is 0.214. The average Bonchev–Trinajstić information content (AvgIpc) is 2.40. The van der Waals surface area contributed by atoms with Crippen LogP contribution in [0.4, 0.5) is 11.4 Å². The summed E-state index contributed by atoms with van der Waals surface area (Å²) < 4.78 is 5.08. The highest BCUT2D eigenvalue weighted by Gasteiger charge is 1.99. The molecule has 94 valence electrons. The minimum absolute atomic E-state index is 0.623. The summed E-state index contributed by atoms with van der Waals surface area (Å²) in [5.74, 6) is 0.623. The van der Waals surface area contributed by atoms with E-state index in [2.05, 4.69) is 10.3 Å². The molecule has 0 aliphatic carbocycles. The van der Waals surface area contributed by atoms with Gasteiger partial charge in [0, 0.05) is 30.2 Å². The molecular formula is C14H17N3O. The van der Waals surface area contributed by atoms with Gasteiger partial charge >= 0.3 is 0 Å². The highest BCUT2D eigenvalue weighted by molar-refractivity contribution is 5.58. The van der Waals surface area contributed by atoms with Gasteiger partial charge in [0.25, 0.3) is 0 Å². The van der Waals surface area contributed by atoms with Crippen LogP contribution in [0.25, 0.3) is 0 Å². The van der Waals surface area contributed by atoms with E-state index in [1.807, 2.05) is 37.3 Å². The standard InChI is InChI=1S/C14H17N3O/c1-10-3-4-12(8-13(10)15)17-9-11-5-6-16-14(7-11)18-2/h3-8,17H,9,15H2,1-2H3. The zero-order chi connectivity index (χ0) is 13.0. The third-order valence-electron chi connectivity index (χ3n) is 2.78. The molecule has 0 atom stereocenters. The van der Waals surface area contributed by atoms with E-state index in [1.165, 1.54) is 0 Å². The topological polar surface area (TPSA) is 60.2 Å². The zero-order valence-electron chi connectivity index (χ0n) is 10.6. The number of aryl methyl sites for hydroxylation is 1. The van der Waals surface area contributed by atoms with Crippen LogP contribution in [0.3, 0.4) is 0 Å². The monoisotopic (exact) mass is 243 g/mol. The van der Waals surface area contributed by atoms with Crippen molar-refractivity contribution in [3.05, 3.63) is 47.7 Å². The third kappa shape index (κ3) is 2.91. The maximum Gasteiger partial charge on any atom is 0.213 e. The molecule has 0 bridgehead atoms. The third-order valence-corrected chi connectivity index (χ3v) is 2.78. The molecule has 1 heterocycles. The van der Waals surface area contributed by atoms with Crippen molar-refractivity contribution in [2.45, 2.75) is 13.5 Å². The first kappa shape index (κ1) is 12.2. The Balaban J connectivity index is 2.04. The van der Waals surface area contributed by atoms with Crippen molar-refractivity contribution < 1.29 is 4.74 Å². The maximum absolute atomic E-state index is 5.87. The van der Waals surface area contributed by atoms with Crippen molar-refractivity contribution in [2.24, 2.45) is 0 Å². The summed E-state index contributed by atoms with van der Waals surface area (Å²) in [4.78, 5) is 4.07. The number of nitrogen functional groups attached to an aromatic ring is 1. The largest absolute Gasteiger partial charge is 0.481 e. The lowest BCUT2D eigenvalue weighted by Gasteiger charge is -2.09. The molecule has 0 unspecified atom stereocenters. The first-order valence-corrected chi connectivity index (χ1v) is 5.78. The minimum Gasteiger partial charge on any atom is -0.481 e. The molecule has 0 saturated heterocycles. The molecule has 4 nitrogen and oxygen atoms in total.